The number of piperidine rings is 1. The SMILES string of the molecule is CC(NC(=O)N1CCCC(CC(=O)O)C1)c1ncn[nH]1. The molecule has 0 bridgehead atoms. The number of aliphatic carboxylic acids is 1. The fourth-order valence-electron chi connectivity index (χ4n) is 2.43. The van der Waals surface area contributed by atoms with Crippen LogP contribution in [0.4, 0.5) is 4.79 Å². The molecule has 2 atom stereocenters. The van der Waals surface area contributed by atoms with Crippen LogP contribution in [-0.4, -0.2) is 50.3 Å². The van der Waals surface area contributed by atoms with Gasteiger partial charge in [-0.3, -0.25) is 9.89 Å². The minimum atomic E-state index is -0.813. The molecule has 2 unspecified atom stereocenters. The van der Waals surface area contributed by atoms with Gasteiger partial charge in [-0.1, -0.05) is 0 Å². The third-order valence-electron chi connectivity index (χ3n) is 3.45. The predicted octanol–water partition coefficient (Wildman–Crippen LogP) is 0.762. The van der Waals surface area contributed by atoms with Gasteiger partial charge in [0.25, 0.3) is 0 Å². The van der Waals surface area contributed by atoms with Crippen LogP contribution in [0.25, 0.3) is 0 Å². The Bertz CT molecular complexity index is 462. The van der Waals surface area contributed by atoms with E-state index in [4.69, 9.17) is 5.11 Å². The van der Waals surface area contributed by atoms with E-state index in [0.29, 0.717) is 18.9 Å². The van der Waals surface area contributed by atoms with Crippen molar-refractivity contribution in [1.82, 2.24) is 25.4 Å². The summed E-state index contributed by atoms with van der Waals surface area (Å²) in [6.45, 7) is 2.96. The van der Waals surface area contributed by atoms with Crippen molar-refractivity contribution in [2.45, 2.75) is 32.2 Å². The third kappa shape index (κ3) is 3.69. The van der Waals surface area contributed by atoms with Gasteiger partial charge in [0, 0.05) is 19.5 Å². The molecule has 1 aliphatic heterocycles. The minimum Gasteiger partial charge on any atom is -0.481 e. The zero-order valence-corrected chi connectivity index (χ0v) is 11.4. The van der Waals surface area contributed by atoms with E-state index in [0.717, 1.165) is 12.8 Å². The number of hydrogen-bond donors (Lipinski definition) is 3. The number of nitrogens with one attached hydrogen (secondary N) is 2. The van der Waals surface area contributed by atoms with Crippen molar-refractivity contribution < 1.29 is 14.7 Å². The van der Waals surface area contributed by atoms with Crippen molar-refractivity contribution in [1.29, 1.82) is 0 Å². The van der Waals surface area contributed by atoms with Crippen molar-refractivity contribution in [3.63, 3.8) is 0 Å². The lowest BCUT2D eigenvalue weighted by atomic mass is 9.95. The highest BCUT2D eigenvalue weighted by atomic mass is 16.4. The van der Waals surface area contributed by atoms with Gasteiger partial charge in [0.05, 0.1) is 6.04 Å². The summed E-state index contributed by atoms with van der Waals surface area (Å²) in [6, 6.07) is -0.450. The molecule has 8 heteroatoms. The van der Waals surface area contributed by atoms with Gasteiger partial charge < -0.3 is 15.3 Å². The normalized spacial score (nSPS) is 20.4. The number of carboxylic acids is 1. The molecule has 0 saturated carbocycles. The summed E-state index contributed by atoms with van der Waals surface area (Å²) >= 11 is 0. The van der Waals surface area contributed by atoms with Gasteiger partial charge in [-0.25, -0.2) is 9.78 Å². The number of H-pyrrole nitrogens is 1. The average Bonchev–Trinajstić information content (AvgIpc) is 2.92. The lowest BCUT2D eigenvalue weighted by Crippen LogP contribution is -2.46. The number of amides is 2. The van der Waals surface area contributed by atoms with Crippen molar-refractivity contribution in [2.75, 3.05) is 13.1 Å². The van der Waals surface area contributed by atoms with Crippen LogP contribution >= 0.6 is 0 Å². The van der Waals surface area contributed by atoms with Crippen LogP contribution in [0.1, 0.15) is 38.1 Å². The number of aromatic nitrogens is 3. The Labute approximate surface area is 116 Å². The van der Waals surface area contributed by atoms with Crippen molar-refractivity contribution >= 4 is 12.0 Å². The lowest BCUT2D eigenvalue weighted by Gasteiger charge is -2.32. The molecule has 0 aromatic carbocycles. The number of aromatic amines is 1. The molecule has 0 radical (unpaired) electrons. The number of carbonyl (C=O) groups excluding carboxylic acids is 1. The van der Waals surface area contributed by atoms with Crippen LogP contribution in [0.2, 0.25) is 0 Å². The first kappa shape index (κ1) is 14.3. The Morgan fingerprint density at radius 3 is 3.10 bits per heavy atom. The zero-order chi connectivity index (χ0) is 14.5. The molecular weight excluding hydrogens is 262 g/mol. The van der Waals surface area contributed by atoms with Gasteiger partial charge in [0.15, 0.2) is 0 Å². The first-order valence-electron chi connectivity index (χ1n) is 6.68. The quantitative estimate of drug-likeness (QED) is 0.754. The Morgan fingerprint density at radius 1 is 1.65 bits per heavy atom. The maximum Gasteiger partial charge on any atom is 0.317 e. The van der Waals surface area contributed by atoms with Crippen molar-refractivity contribution in [3.05, 3.63) is 12.2 Å². The van der Waals surface area contributed by atoms with Gasteiger partial charge in [-0.2, -0.15) is 5.10 Å². The van der Waals surface area contributed by atoms with Crippen LogP contribution in [0, 0.1) is 5.92 Å². The van der Waals surface area contributed by atoms with E-state index >= 15 is 0 Å². The molecule has 1 aromatic rings. The van der Waals surface area contributed by atoms with E-state index in [9.17, 15) is 9.59 Å². The first-order chi connectivity index (χ1) is 9.56. The highest BCUT2D eigenvalue weighted by molar-refractivity contribution is 5.75. The molecule has 2 heterocycles. The van der Waals surface area contributed by atoms with E-state index in [2.05, 4.69) is 20.5 Å². The second-order valence-corrected chi connectivity index (χ2v) is 5.09. The van der Waals surface area contributed by atoms with E-state index in [-0.39, 0.29) is 24.4 Å². The highest BCUT2D eigenvalue weighted by Gasteiger charge is 2.26. The summed E-state index contributed by atoms with van der Waals surface area (Å²) in [4.78, 5) is 28.5. The molecule has 0 aliphatic carbocycles. The van der Waals surface area contributed by atoms with Gasteiger partial charge >= 0.3 is 12.0 Å². The average molecular weight is 281 g/mol. The molecule has 1 aliphatic rings. The molecule has 2 amide bonds. The van der Waals surface area contributed by atoms with Crippen molar-refractivity contribution in [2.24, 2.45) is 5.92 Å². The van der Waals surface area contributed by atoms with Crippen LogP contribution < -0.4 is 5.32 Å². The Balaban J connectivity index is 1.87. The number of urea groups is 1. The van der Waals surface area contributed by atoms with Gasteiger partial charge in [-0.05, 0) is 25.7 Å². The van der Waals surface area contributed by atoms with E-state index in [1.54, 1.807) is 4.90 Å². The fraction of sp³-hybridized carbons (Fsp3) is 0.667. The fourth-order valence-corrected chi connectivity index (χ4v) is 2.43. The molecule has 1 aromatic heterocycles. The molecule has 1 fully saturated rings. The Kier molecular flexibility index (Phi) is 4.54. The third-order valence-corrected chi connectivity index (χ3v) is 3.45. The maximum absolute atomic E-state index is 12.1. The second kappa shape index (κ2) is 6.36. The highest BCUT2D eigenvalue weighted by Crippen LogP contribution is 2.20. The van der Waals surface area contributed by atoms with Crippen molar-refractivity contribution in [3.8, 4) is 0 Å². The first-order valence-corrected chi connectivity index (χ1v) is 6.68. The van der Waals surface area contributed by atoms with Crippen LogP contribution in [0.3, 0.4) is 0 Å². The largest absolute Gasteiger partial charge is 0.481 e. The number of carbonyl (C=O) groups is 2. The standard InChI is InChI=1S/C12H19N5O3/c1-8(11-13-7-14-16-11)15-12(20)17-4-2-3-9(6-17)5-10(18)19/h7-9H,2-6H2,1H3,(H,15,20)(H,18,19)(H,13,14,16). The molecule has 0 spiro atoms. The summed E-state index contributed by atoms with van der Waals surface area (Å²) in [7, 11) is 0. The molecule has 3 N–H and O–H groups in total. The van der Waals surface area contributed by atoms with Crippen LogP contribution in [0.15, 0.2) is 6.33 Å². The zero-order valence-electron chi connectivity index (χ0n) is 11.4. The molecular formula is C12H19N5O3. The summed E-state index contributed by atoms with van der Waals surface area (Å²) in [5.41, 5.74) is 0. The van der Waals surface area contributed by atoms with Crippen LogP contribution in [-0.2, 0) is 4.79 Å². The number of rotatable bonds is 4. The molecule has 110 valence electrons. The van der Waals surface area contributed by atoms with Crippen LogP contribution in [0.5, 0.6) is 0 Å². The van der Waals surface area contributed by atoms with E-state index < -0.39 is 5.97 Å². The van der Waals surface area contributed by atoms with Gasteiger partial charge in [0.2, 0.25) is 0 Å². The number of hydrogen-bond acceptors (Lipinski definition) is 4. The summed E-state index contributed by atoms with van der Waals surface area (Å²) in [5.74, 6) is -0.183. The second-order valence-electron chi connectivity index (χ2n) is 5.09. The molecule has 8 nitrogen and oxygen atoms in total. The maximum atomic E-state index is 12.1. The lowest BCUT2D eigenvalue weighted by molar-refractivity contribution is -0.138. The molecule has 2 rings (SSSR count). The Morgan fingerprint density at radius 2 is 2.45 bits per heavy atom. The summed E-state index contributed by atoms with van der Waals surface area (Å²) < 4.78 is 0. The molecule has 1 saturated heterocycles. The number of nitrogens with zero attached hydrogens (tertiary/aromatic N) is 3. The topological polar surface area (TPSA) is 111 Å². The number of carboxylic acid groups (broad SMARTS) is 1. The van der Waals surface area contributed by atoms with Gasteiger partial charge in [-0.15, -0.1) is 0 Å². The number of likely N-dealkylation sites (tertiary alicyclic amines) is 1. The summed E-state index contributed by atoms with van der Waals surface area (Å²) in [6.07, 6.45) is 3.19. The monoisotopic (exact) mass is 281 g/mol. The minimum absolute atomic E-state index is 0.0348. The van der Waals surface area contributed by atoms with E-state index in [1.165, 1.54) is 6.33 Å². The Hall–Kier alpha value is -2.12. The smallest absolute Gasteiger partial charge is 0.317 e. The van der Waals surface area contributed by atoms with Gasteiger partial charge in [0.1, 0.15) is 12.2 Å². The summed E-state index contributed by atoms with van der Waals surface area (Å²) in [5, 5.41) is 18.1. The predicted molar refractivity (Wildman–Crippen MR) is 69.9 cm³/mol. The van der Waals surface area contributed by atoms with E-state index in [1.807, 2.05) is 6.92 Å². The molecule has 20 heavy (non-hydrogen) atoms.